The summed E-state index contributed by atoms with van der Waals surface area (Å²) >= 11 is 0. The van der Waals surface area contributed by atoms with Gasteiger partial charge in [0.25, 0.3) is 0 Å². The summed E-state index contributed by atoms with van der Waals surface area (Å²) in [5.74, 6) is -1.28. The molecule has 0 atom stereocenters. The van der Waals surface area contributed by atoms with Gasteiger partial charge in [0.05, 0.1) is 19.8 Å². The number of phosphoric ester groups is 2. The number of fused-ring (bicyclic) bond motifs is 1. The predicted molar refractivity (Wildman–Crippen MR) is 135 cm³/mol. The molecule has 0 amide bonds. The first-order valence-corrected chi connectivity index (χ1v) is 14.4. The first kappa shape index (κ1) is 40.4. The summed E-state index contributed by atoms with van der Waals surface area (Å²) in [7, 11) is -8.38. The molecule has 0 aliphatic carbocycles. The average Bonchev–Trinajstić information content (AvgIpc) is 3.25. The van der Waals surface area contributed by atoms with Crippen LogP contribution in [0.2, 0.25) is 0 Å². The molecule has 17 heteroatoms. The van der Waals surface area contributed by atoms with Crippen molar-refractivity contribution in [2.24, 2.45) is 0 Å². The smallest absolute Gasteiger partial charge is 0.780 e. The molecular formula is C26H22Na3O12P2-. The molecule has 0 aliphatic heterocycles. The number of aryl methyl sites for hydroxylation is 2. The van der Waals surface area contributed by atoms with Gasteiger partial charge in [0, 0.05) is 16.5 Å². The number of carbonyl (C=O) groups is 1. The Morgan fingerprint density at radius 2 is 1.35 bits per heavy atom. The molecule has 212 valence electrons. The van der Waals surface area contributed by atoms with Gasteiger partial charge in [-0.15, -0.1) is 0 Å². The van der Waals surface area contributed by atoms with Crippen LogP contribution in [0.15, 0.2) is 46.9 Å². The Bertz CT molecular complexity index is 1740. The minimum Gasteiger partial charge on any atom is -0.780 e. The van der Waals surface area contributed by atoms with Crippen molar-refractivity contribution in [2.45, 2.75) is 20.8 Å². The maximum atomic E-state index is 14.0. The third kappa shape index (κ3) is 9.23. The maximum Gasteiger partial charge on any atom is 1.00 e. The third-order valence-corrected chi connectivity index (χ3v) is 7.00. The minimum atomic E-state index is -5.54. The SMILES string of the molecule is COc1ccc(-c2oc3c(OP(=O)([O-])[O-])c(C)ccc3c2C(=O)c2cc(C)c(C)c(OC)c2)cc1OP(=O)([O-])[O-].[Na+].[Na+].[Na+]. The molecule has 0 N–H and O–H groups in total. The van der Waals surface area contributed by atoms with Gasteiger partial charge in [-0.3, -0.25) is 4.79 Å². The third-order valence-electron chi connectivity index (χ3n) is 6.18. The monoisotopic (exact) mass is 657 g/mol. The van der Waals surface area contributed by atoms with Gasteiger partial charge in [0.1, 0.15) is 27.2 Å². The van der Waals surface area contributed by atoms with Crippen LogP contribution in [0.25, 0.3) is 22.3 Å². The number of benzene rings is 3. The van der Waals surface area contributed by atoms with Gasteiger partial charge in [-0.1, -0.05) is 6.07 Å². The van der Waals surface area contributed by atoms with E-state index >= 15 is 0 Å². The summed E-state index contributed by atoms with van der Waals surface area (Å²) in [6.07, 6.45) is 0. The number of hydrogen-bond acceptors (Lipinski definition) is 12. The van der Waals surface area contributed by atoms with E-state index in [9.17, 15) is 33.5 Å². The molecule has 1 heterocycles. The molecule has 4 rings (SSSR count). The first-order chi connectivity index (χ1) is 18.6. The number of carbonyl (C=O) groups excluding carboxylic acids is 1. The Hall–Kier alpha value is -0.630. The molecular weight excluding hydrogens is 635 g/mol. The number of hydrogen-bond donors (Lipinski definition) is 0. The Labute approximate surface area is 313 Å². The zero-order valence-corrected chi connectivity index (χ0v) is 32.6. The van der Waals surface area contributed by atoms with E-state index in [1.807, 2.05) is 6.92 Å². The van der Waals surface area contributed by atoms with Crippen LogP contribution in [-0.2, 0) is 9.13 Å². The molecule has 43 heavy (non-hydrogen) atoms. The van der Waals surface area contributed by atoms with Crippen molar-refractivity contribution < 1.29 is 145 Å². The second-order valence-corrected chi connectivity index (χ2v) is 10.9. The molecule has 3 aromatic carbocycles. The largest absolute Gasteiger partial charge is 1.00 e. The fourth-order valence-corrected chi connectivity index (χ4v) is 5.05. The van der Waals surface area contributed by atoms with E-state index < -0.39 is 32.9 Å². The van der Waals surface area contributed by atoms with Crippen LogP contribution in [0.3, 0.4) is 0 Å². The topological polar surface area (TPSA) is 194 Å². The summed E-state index contributed by atoms with van der Waals surface area (Å²) in [4.78, 5) is 59.8. The van der Waals surface area contributed by atoms with Crippen LogP contribution in [0.1, 0.15) is 32.6 Å². The maximum absolute atomic E-state index is 14.0. The molecule has 12 nitrogen and oxygen atoms in total. The molecule has 0 fully saturated rings. The predicted octanol–water partition coefficient (Wildman–Crippen LogP) is -6.30. The van der Waals surface area contributed by atoms with E-state index in [-0.39, 0.29) is 133 Å². The van der Waals surface area contributed by atoms with Crippen molar-refractivity contribution in [3.63, 3.8) is 0 Å². The Kier molecular flexibility index (Phi) is 14.8. The van der Waals surface area contributed by atoms with Gasteiger partial charge >= 0.3 is 88.7 Å². The fourth-order valence-electron chi connectivity index (χ4n) is 4.21. The second kappa shape index (κ2) is 15.8. The number of furan rings is 1. The van der Waals surface area contributed by atoms with Gasteiger partial charge in [-0.05, 0) is 73.9 Å². The number of methoxy groups -OCH3 is 2. The van der Waals surface area contributed by atoms with Gasteiger partial charge in [0.2, 0.25) is 0 Å². The first-order valence-electron chi connectivity index (χ1n) is 11.5. The van der Waals surface area contributed by atoms with Crippen molar-refractivity contribution in [2.75, 3.05) is 14.2 Å². The van der Waals surface area contributed by atoms with Gasteiger partial charge < -0.3 is 51.6 Å². The fraction of sp³-hybridized carbons (Fsp3) is 0.192. The standard InChI is InChI=1S/C26H26O12P2.3Na/c1-13-6-8-18-22(23(27)17-10-14(2)15(3)20(12-17)35-5)25(36-26(18)24(13)38-40(31,32)33)16-7-9-19(34-4)21(11-16)37-39(28,29)30;;;/h6-12H,1-5H3,(H2,28,29,30)(H2,31,32,33);;;/q;3*+1/p-4. The van der Waals surface area contributed by atoms with Crippen LogP contribution >= 0.6 is 15.6 Å². The molecule has 0 unspecified atom stereocenters. The quantitative estimate of drug-likeness (QED) is 0.0941. The van der Waals surface area contributed by atoms with E-state index in [0.717, 1.165) is 17.2 Å². The summed E-state index contributed by atoms with van der Waals surface area (Å²) in [6.45, 7) is 5.08. The minimum absolute atomic E-state index is 0. The summed E-state index contributed by atoms with van der Waals surface area (Å²) < 4.78 is 48.5. The normalized spacial score (nSPS) is 11.1. The zero-order valence-electron chi connectivity index (χ0n) is 24.8. The molecule has 0 saturated heterocycles. The van der Waals surface area contributed by atoms with E-state index in [4.69, 9.17) is 13.9 Å². The molecule has 0 aliphatic rings. The van der Waals surface area contributed by atoms with Crippen LogP contribution in [0.4, 0.5) is 0 Å². The second-order valence-electron chi connectivity index (χ2n) is 8.79. The van der Waals surface area contributed by atoms with Crippen LogP contribution in [-0.4, -0.2) is 20.0 Å². The van der Waals surface area contributed by atoms with E-state index in [0.29, 0.717) is 5.75 Å². The number of phosphoric acid groups is 2. The summed E-state index contributed by atoms with van der Waals surface area (Å²) in [6, 6.07) is 9.88. The van der Waals surface area contributed by atoms with E-state index in [1.54, 1.807) is 13.0 Å². The number of rotatable bonds is 9. The van der Waals surface area contributed by atoms with Crippen molar-refractivity contribution in [3.05, 3.63) is 70.3 Å². The van der Waals surface area contributed by atoms with Gasteiger partial charge in [0.15, 0.2) is 28.6 Å². The molecule has 0 saturated carbocycles. The number of ether oxygens (including phenoxy) is 2. The number of ketones is 1. The van der Waals surface area contributed by atoms with Crippen LogP contribution < -0.4 is 127 Å². The molecule has 0 spiro atoms. The summed E-state index contributed by atoms with van der Waals surface area (Å²) in [5, 5.41) is 0.0999. The van der Waals surface area contributed by atoms with Crippen molar-refractivity contribution in [3.8, 4) is 34.3 Å². The average molecular weight is 657 g/mol. The van der Waals surface area contributed by atoms with E-state index in [1.165, 1.54) is 51.5 Å². The molecule has 0 radical (unpaired) electrons. The van der Waals surface area contributed by atoms with Crippen LogP contribution in [0.5, 0.6) is 23.0 Å². The zero-order chi connectivity index (χ0) is 29.6. The van der Waals surface area contributed by atoms with Gasteiger partial charge in [-0.25, -0.2) is 0 Å². The van der Waals surface area contributed by atoms with E-state index in [2.05, 4.69) is 9.05 Å². The Morgan fingerprint density at radius 1 is 0.744 bits per heavy atom. The van der Waals surface area contributed by atoms with Crippen LogP contribution in [0, 0.1) is 20.8 Å². The summed E-state index contributed by atoms with van der Waals surface area (Å²) in [5.41, 5.74) is 1.75. The molecule has 4 aromatic rings. The van der Waals surface area contributed by atoms with Crippen molar-refractivity contribution in [1.82, 2.24) is 0 Å². The Balaban J connectivity index is 0.00000308. The van der Waals surface area contributed by atoms with Gasteiger partial charge in [-0.2, -0.15) is 0 Å². The Morgan fingerprint density at radius 3 is 1.91 bits per heavy atom. The van der Waals surface area contributed by atoms with Crippen molar-refractivity contribution >= 4 is 32.4 Å². The molecule has 0 bridgehead atoms. The molecule has 1 aromatic heterocycles. The van der Waals surface area contributed by atoms with Crippen molar-refractivity contribution in [1.29, 1.82) is 0 Å².